The van der Waals surface area contributed by atoms with Gasteiger partial charge in [0.15, 0.2) is 5.65 Å². The maximum atomic E-state index is 5.61. The molecule has 0 fully saturated rings. The lowest BCUT2D eigenvalue weighted by Crippen LogP contribution is -2.17. The van der Waals surface area contributed by atoms with Crippen molar-refractivity contribution in [3.63, 3.8) is 0 Å². The number of nitrogens with one attached hydrogen (secondary N) is 1. The molecule has 0 bridgehead atoms. The topological polar surface area (TPSA) is 68.2 Å². The highest BCUT2D eigenvalue weighted by Crippen LogP contribution is 2.29. The third-order valence-electron chi connectivity index (χ3n) is 3.67. The molecule has 102 valence electrons. The summed E-state index contributed by atoms with van der Waals surface area (Å²) in [5.41, 5.74) is 10.2. The third-order valence-corrected chi connectivity index (χ3v) is 3.67. The van der Waals surface area contributed by atoms with E-state index in [0.29, 0.717) is 12.5 Å². The maximum Gasteiger partial charge on any atom is 0.157 e. The predicted molar refractivity (Wildman–Crippen MR) is 76.6 cm³/mol. The number of hydrogen-bond donors (Lipinski definition) is 2. The summed E-state index contributed by atoms with van der Waals surface area (Å²) in [6.07, 6.45) is 3.34. The molecule has 1 aliphatic rings. The van der Waals surface area contributed by atoms with Crippen LogP contribution in [0.5, 0.6) is 0 Å². The van der Waals surface area contributed by atoms with E-state index in [2.05, 4.69) is 25.2 Å². The van der Waals surface area contributed by atoms with Crippen LogP contribution in [-0.4, -0.2) is 27.7 Å². The molecule has 0 saturated carbocycles. The highest BCUT2D eigenvalue weighted by Gasteiger charge is 2.21. The van der Waals surface area contributed by atoms with E-state index >= 15 is 0 Å². The first kappa shape index (κ1) is 12.4. The first-order valence-electron chi connectivity index (χ1n) is 7.06. The van der Waals surface area contributed by atoms with Crippen molar-refractivity contribution in [3.05, 3.63) is 23.0 Å². The number of anilines is 1. The van der Waals surface area contributed by atoms with Crippen molar-refractivity contribution >= 4 is 11.5 Å². The second-order valence-electron chi connectivity index (χ2n) is 5.45. The van der Waals surface area contributed by atoms with Crippen molar-refractivity contribution < 1.29 is 0 Å². The van der Waals surface area contributed by atoms with Gasteiger partial charge in [-0.1, -0.05) is 13.8 Å². The minimum absolute atomic E-state index is 0.416. The van der Waals surface area contributed by atoms with Crippen molar-refractivity contribution in [3.8, 4) is 0 Å². The Morgan fingerprint density at radius 1 is 1.42 bits per heavy atom. The number of fused-ring (bicyclic) bond motifs is 2. The molecular weight excluding hydrogens is 238 g/mol. The van der Waals surface area contributed by atoms with E-state index in [1.807, 2.05) is 4.52 Å². The van der Waals surface area contributed by atoms with Crippen LogP contribution >= 0.6 is 0 Å². The molecule has 0 radical (unpaired) electrons. The van der Waals surface area contributed by atoms with Gasteiger partial charge in [-0.2, -0.15) is 9.61 Å². The Morgan fingerprint density at radius 3 is 3.00 bits per heavy atom. The van der Waals surface area contributed by atoms with Crippen molar-refractivity contribution in [2.24, 2.45) is 5.73 Å². The van der Waals surface area contributed by atoms with E-state index in [-0.39, 0.29) is 0 Å². The summed E-state index contributed by atoms with van der Waals surface area (Å²) in [5, 5.41) is 8.12. The molecule has 2 heterocycles. The Labute approximate surface area is 113 Å². The van der Waals surface area contributed by atoms with Crippen LogP contribution in [0.3, 0.4) is 0 Å². The van der Waals surface area contributed by atoms with Crippen LogP contribution in [0, 0.1) is 0 Å². The average Bonchev–Trinajstić information content (AvgIpc) is 2.99. The van der Waals surface area contributed by atoms with Crippen LogP contribution in [0.2, 0.25) is 0 Å². The summed E-state index contributed by atoms with van der Waals surface area (Å²) in [5.74, 6) is 1.51. The zero-order valence-electron chi connectivity index (χ0n) is 11.6. The van der Waals surface area contributed by atoms with Gasteiger partial charge in [-0.25, -0.2) is 4.98 Å². The van der Waals surface area contributed by atoms with Crippen LogP contribution in [-0.2, 0) is 12.8 Å². The molecule has 3 N–H and O–H groups in total. The fraction of sp³-hybridized carbons (Fsp3) is 0.571. The molecule has 19 heavy (non-hydrogen) atoms. The van der Waals surface area contributed by atoms with E-state index in [1.165, 1.54) is 17.7 Å². The molecule has 0 aliphatic heterocycles. The summed E-state index contributed by atoms with van der Waals surface area (Å²) in [7, 11) is 0. The molecule has 0 aromatic carbocycles. The van der Waals surface area contributed by atoms with E-state index < -0.39 is 0 Å². The molecule has 2 aromatic heterocycles. The predicted octanol–water partition coefficient (Wildman–Crippen LogP) is 1.71. The molecule has 5 heteroatoms. The molecule has 0 spiro atoms. The van der Waals surface area contributed by atoms with Gasteiger partial charge >= 0.3 is 0 Å². The Bertz CT molecular complexity index is 599. The van der Waals surface area contributed by atoms with Gasteiger partial charge in [0.1, 0.15) is 5.82 Å². The number of nitrogens with zero attached hydrogens (tertiary/aromatic N) is 3. The van der Waals surface area contributed by atoms with Crippen LogP contribution in [0.15, 0.2) is 6.07 Å². The SMILES string of the molecule is CC(C)c1cc2nc3c(c(NCCN)n2n1)CCC3. The quantitative estimate of drug-likeness (QED) is 0.877. The lowest BCUT2D eigenvalue weighted by molar-refractivity contribution is 0.783. The summed E-state index contributed by atoms with van der Waals surface area (Å²) < 4.78 is 1.95. The van der Waals surface area contributed by atoms with Crippen molar-refractivity contribution in [2.75, 3.05) is 18.4 Å². The first-order valence-corrected chi connectivity index (χ1v) is 7.06. The minimum Gasteiger partial charge on any atom is -0.368 e. The zero-order chi connectivity index (χ0) is 13.4. The van der Waals surface area contributed by atoms with E-state index in [1.54, 1.807) is 0 Å². The number of aryl methyl sites for hydroxylation is 1. The maximum absolute atomic E-state index is 5.61. The van der Waals surface area contributed by atoms with Gasteiger partial charge in [0, 0.05) is 30.4 Å². The summed E-state index contributed by atoms with van der Waals surface area (Å²) in [4.78, 5) is 4.76. The van der Waals surface area contributed by atoms with Gasteiger partial charge in [-0.15, -0.1) is 0 Å². The lowest BCUT2D eigenvalue weighted by atomic mass is 10.1. The van der Waals surface area contributed by atoms with Gasteiger partial charge in [-0.3, -0.25) is 0 Å². The Balaban J connectivity index is 2.16. The molecule has 1 aliphatic carbocycles. The second kappa shape index (κ2) is 4.81. The molecule has 0 unspecified atom stereocenters. The average molecular weight is 259 g/mol. The standard InChI is InChI=1S/C14H21N5/c1-9(2)12-8-13-17-11-5-3-4-10(11)14(16-7-6-15)19(13)18-12/h8-9,16H,3-7,15H2,1-2H3. The van der Waals surface area contributed by atoms with E-state index in [4.69, 9.17) is 15.8 Å². The third kappa shape index (κ3) is 2.08. The van der Waals surface area contributed by atoms with Gasteiger partial charge in [0.25, 0.3) is 0 Å². The highest BCUT2D eigenvalue weighted by atomic mass is 15.3. The van der Waals surface area contributed by atoms with Crippen LogP contribution < -0.4 is 11.1 Å². The normalized spacial score (nSPS) is 14.3. The molecule has 0 amide bonds. The van der Waals surface area contributed by atoms with Crippen LogP contribution in [0.25, 0.3) is 5.65 Å². The van der Waals surface area contributed by atoms with Crippen LogP contribution in [0.4, 0.5) is 5.82 Å². The highest BCUT2D eigenvalue weighted by molar-refractivity contribution is 5.57. The van der Waals surface area contributed by atoms with Gasteiger partial charge in [0.2, 0.25) is 0 Å². The number of rotatable bonds is 4. The molecular formula is C14H21N5. The molecule has 0 atom stereocenters. The van der Waals surface area contributed by atoms with Crippen molar-refractivity contribution in [2.45, 2.75) is 39.0 Å². The Morgan fingerprint density at radius 2 is 2.26 bits per heavy atom. The van der Waals surface area contributed by atoms with Crippen molar-refractivity contribution in [1.82, 2.24) is 14.6 Å². The summed E-state index contributed by atoms with van der Waals surface area (Å²) in [6.45, 7) is 5.70. The minimum atomic E-state index is 0.416. The summed E-state index contributed by atoms with van der Waals surface area (Å²) in [6, 6.07) is 2.09. The lowest BCUT2D eigenvalue weighted by Gasteiger charge is -2.12. The molecule has 0 saturated heterocycles. The Hall–Kier alpha value is -1.62. The van der Waals surface area contributed by atoms with Gasteiger partial charge in [-0.05, 0) is 25.2 Å². The molecule has 2 aromatic rings. The molecule has 5 nitrogen and oxygen atoms in total. The number of hydrogen-bond acceptors (Lipinski definition) is 4. The number of nitrogens with two attached hydrogens (primary N) is 1. The second-order valence-corrected chi connectivity index (χ2v) is 5.45. The number of aromatic nitrogens is 3. The summed E-state index contributed by atoms with van der Waals surface area (Å²) >= 11 is 0. The zero-order valence-corrected chi connectivity index (χ0v) is 11.6. The monoisotopic (exact) mass is 259 g/mol. The Kier molecular flexibility index (Phi) is 3.14. The fourth-order valence-corrected chi connectivity index (χ4v) is 2.66. The first-order chi connectivity index (χ1) is 9.20. The van der Waals surface area contributed by atoms with Crippen LogP contribution in [0.1, 0.15) is 43.1 Å². The van der Waals surface area contributed by atoms with E-state index in [0.717, 1.165) is 36.5 Å². The van der Waals surface area contributed by atoms with Gasteiger partial charge in [0.05, 0.1) is 5.69 Å². The van der Waals surface area contributed by atoms with Gasteiger partial charge < -0.3 is 11.1 Å². The fourth-order valence-electron chi connectivity index (χ4n) is 2.66. The smallest absolute Gasteiger partial charge is 0.157 e. The van der Waals surface area contributed by atoms with Crippen molar-refractivity contribution in [1.29, 1.82) is 0 Å². The largest absolute Gasteiger partial charge is 0.368 e. The van der Waals surface area contributed by atoms with E-state index in [9.17, 15) is 0 Å². The molecule has 3 rings (SSSR count).